The Bertz CT molecular complexity index is 530. The smallest absolute Gasteiger partial charge is 0.345 e. The van der Waals surface area contributed by atoms with Crippen LogP contribution in [0.15, 0.2) is 12.1 Å². The summed E-state index contributed by atoms with van der Waals surface area (Å²) in [5.74, 6) is -0.274. The van der Waals surface area contributed by atoms with Crippen molar-refractivity contribution in [2.24, 2.45) is 5.92 Å². The van der Waals surface area contributed by atoms with Gasteiger partial charge in [-0.2, -0.15) is 0 Å². The topological polar surface area (TPSA) is 66.8 Å². The van der Waals surface area contributed by atoms with Crippen molar-refractivity contribution in [2.75, 3.05) is 19.7 Å². The number of piperidine rings is 1. The van der Waals surface area contributed by atoms with E-state index in [1.54, 1.807) is 11.0 Å². The number of hydrogen-bond acceptors (Lipinski definition) is 4. The van der Waals surface area contributed by atoms with E-state index in [0.717, 1.165) is 36.7 Å². The molecule has 1 aromatic rings. The van der Waals surface area contributed by atoms with Crippen molar-refractivity contribution >= 4 is 23.2 Å². The van der Waals surface area contributed by atoms with Gasteiger partial charge in [0, 0.05) is 19.7 Å². The maximum atomic E-state index is 12.3. The fourth-order valence-corrected chi connectivity index (χ4v) is 3.32. The minimum Gasteiger partial charge on any atom is -0.477 e. The number of nitrogens with zero attached hydrogens (tertiary/aromatic N) is 1. The zero-order valence-electron chi connectivity index (χ0n) is 11.8. The van der Waals surface area contributed by atoms with Crippen LogP contribution in [0.25, 0.3) is 0 Å². The minimum absolute atomic E-state index is 0.0619. The largest absolute Gasteiger partial charge is 0.477 e. The summed E-state index contributed by atoms with van der Waals surface area (Å²) in [6.45, 7) is 2.24. The molecule has 0 radical (unpaired) electrons. The van der Waals surface area contributed by atoms with E-state index in [0.29, 0.717) is 18.0 Å². The lowest BCUT2D eigenvalue weighted by Gasteiger charge is -2.31. The number of amides is 1. The summed E-state index contributed by atoms with van der Waals surface area (Å²) < 4.78 is 5.86. The highest BCUT2D eigenvalue weighted by Crippen LogP contribution is 2.30. The third kappa shape index (κ3) is 3.63. The van der Waals surface area contributed by atoms with Crippen LogP contribution >= 0.6 is 11.3 Å². The number of ether oxygens (including phenoxy) is 1. The third-order valence-electron chi connectivity index (χ3n) is 4.02. The maximum absolute atomic E-state index is 12.3. The summed E-state index contributed by atoms with van der Waals surface area (Å²) >= 11 is 1.04. The molecule has 114 valence electrons. The van der Waals surface area contributed by atoms with Crippen molar-refractivity contribution in [3.63, 3.8) is 0 Å². The lowest BCUT2D eigenvalue weighted by molar-refractivity contribution is 0.00423. The predicted molar refractivity (Wildman–Crippen MR) is 78.9 cm³/mol. The average Bonchev–Trinajstić information content (AvgIpc) is 3.18. The second kappa shape index (κ2) is 6.15. The Morgan fingerprint density at radius 2 is 1.86 bits per heavy atom. The Labute approximate surface area is 127 Å². The summed E-state index contributed by atoms with van der Waals surface area (Å²) in [4.78, 5) is 25.7. The van der Waals surface area contributed by atoms with Gasteiger partial charge in [-0.25, -0.2) is 4.79 Å². The van der Waals surface area contributed by atoms with Crippen molar-refractivity contribution in [3.05, 3.63) is 21.9 Å². The first-order valence-corrected chi connectivity index (χ1v) is 8.19. The van der Waals surface area contributed by atoms with E-state index >= 15 is 0 Å². The van der Waals surface area contributed by atoms with Crippen LogP contribution in [0.2, 0.25) is 0 Å². The molecule has 2 fully saturated rings. The Morgan fingerprint density at radius 1 is 1.19 bits per heavy atom. The Balaban J connectivity index is 1.50. The predicted octanol–water partition coefficient (Wildman–Crippen LogP) is 2.48. The SMILES string of the molecule is O=C(O)c1ccc(C(=O)N2CCC(OCC3CC3)CC2)s1. The normalized spacial score (nSPS) is 19.7. The number of carbonyl (C=O) groups excluding carboxylic acids is 1. The molecule has 1 aliphatic heterocycles. The van der Waals surface area contributed by atoms with Gasteiger partial charge in [0.25, 0.3) is 5.91 Å². The van der Waals surface area contributed by atoms with E-state index < -0.39 is 5.97 Å². The van der Waals surface area contributed by atoms with Crippen LogP contribution in [0.4, 0.5) is 0 Å². The van der Waals surface area contributed by atoms with Crippen LogP contribution < -0.4 is 0 Å². The molecule has 0 spiro atoms. The van der Waals surface area contributed by atoms with E-state index in [2.05, 4.69) is 0 Å². The van der Waals surface area contributed by atoms with Crippen LogP contribution in [0.1, 0.15) is 45.0 Å². The third-order valence-corrected chi connectivity index (χ3v) is 5.08. The van der Waals surface area contributed by atoms with Gasteiger partial charge in [-0.1, -0.05) is 0 Å². The first-order valence-electron chi connectivity index (χ1n) is 7.37. The van der Waals surface area contributed by atoms with Crippen LogP contribution in [0.5, 0.6) is 0 Å². The van der Waals surface area contributed by atoms with Gasteiger partial charge in [-0.3, -0.25) is 4.79 Å². The van der Waals surface area contributed by atoms with Gasteiger partial charge in [0.1, 0.15) is 4.88 Å². The van der Waals surface area contributed by atoms with E-state index in [9.17, 15) is 9.59 Å². The molecule has 2 aliphatic rings. The highest BCUT2D eigenvalue weighted by molar-refractivity contribution is 7.15. The number of aromatic carboxylic acids is 1. The second-order valence-corrected chi connectivity index (χ2v) is 6.82. The summed E-state index contributed by atoms with van der Waals surface area (Å²) in [5.41, 5.74) is 0. The second-order valence-electron chi connectivity index (χ2n) is 5.74. The first kappa shape index (κ1) is 14.5. The molecule has 3 rings (SSSR count). The Hall–Kier alpha value is -1.40. The van der Waals surface area contributed by atoms with Gasteiger partial charge >= 0.3 is 5.97 Å². The minimum atomic E-state index is -0.980. The average molecular weight is 309 g/mol. The van der Waals surface area contributed by atoms with E-state index in [4.69, 9.17) is 9.84 Å². The van der Waals surface area contributed by atoms with E-state index in [1.165, 1.54) is 18.9 Å². The van der Waals surface area contributed by atoms with Crippen molar-refractivity contribution in [1.82, 2.24) is 4.90 Å². The van der Waals surface area contributed by atoms with Gasteiger partial charge in [0.05, 0.1) is 11.0 Å². The standard InChI is InChI=1S/C15H19NO4S/c17-14(12-3-4-13(21-12)15(18)19)16-7-5-11(6-8-16)20-9-10-1-2-10/h3-4,10-11H,1-2,5-9H2,(H,18,19). The fraction of sp³-hybridized carbons (Fsp3) is 0.600. The zero-order chi connectivity index (χ0) is 14.8. The molecule has 5 nitrogen and oxygen atoms in total. The fourth-order valence-electron chi connectivity index (χ4n) is 2.51. The number of rotatable bonds is 5. The summed E-state index contributed by atoms with van der Waals surface area (Å²) in [6, 6.07) is 3.10. The lowest BCUT2D eigenvalue weighted by Crippen LogP contribution is -2.40. The quantitative estimate of drug-likeness (QED) is 0.907. The molecular weight excluding hydrogens is 290 g/mol. The summed E-state index contributed by atoms with van der Waals surface area (Å²) in [5, 5.41) is 8.90. The Morgan fingerprint density at radius 3 is 2.43 bits per heavy atom. The van der Waals surface area contributed by atoms with Gasteiger partial charge in [-0.05, 0) is 43.7 Å². The molecule has 1 saturated heterocycles. The lowest BCUT2D eigenvalue weighted by atomic mass is 10.1. The molecule has 1 aromatic heterocycles. The van der Waals surface area contributed by atoms with Crippen LogP contribution in [0, 0.1) is 5.92 Å². The molecule has 2 heterocycles. The van der Waals surface area contributed by atoms with E-state index in [-0.39, 0.29) is 16.9 Å². The van der Waals surface area contributed by atoms with Crippen LogP contribution in [-0.2, 0) is 4.74 Å². The van der Waals surface area contributed by atoms with Crippen molar-refractivity contribution in [3.8, 4) is 0 Å². The number of carboxylic acid groups (broad SMARTS) is 1. The van der Waals surface area contributed by atoms with Crippen LogP contribution in [-0.4, -0.2) is 47.7 Å². The molecule has 0 atom stereocenters. The van der Waals surface area contributed by atoms with Gasteiger partial charge in [0.15, 0.2) is 0 Å². The molecule has 6 heteroatoms. The maximum Gasteiger partial charge on any atom is 0.345 e. The summed E-state index contributed by atoms with van der Waals surface area (Å²) in [6.07, 6.45) is 4.60. The molecule has 1 aliphatic carbocycles. The number of likely N-dealkylation sites (tertiary alicyclic amines) is 1. The van der Waals surface area contributed by atoms with Gasteiger partial charge in [0.2, 0.25) is 0 Å². The van der Waals surface area contributed by atoms with Crippen molar-refractivity contribution in [2.45, 2.75) is 31.8 Å². The highest BCUT2D eigenvalue weighted by Gasteiger charge is 2.27. The molecule has 1 amide bonds. The Kier molecular flexibility index (Phi) is 4.26. The highest BCUT2D eigenvalue weighted by atomic mass is 32.1. The summed E-state index contributed by atoms with van der Waals surface area (Å²) in [7, 11) is 0. The molecular formula is C15H19NO4S. The molecule has 1 saturated carbocycles. The van der Waals surface area contributed by atoms with E-state index in [1.807, 2.05) is 0 Å². The number of carbonyl (C=O) groups is 2. The van der Waals surface area contributed by atoms with Crippen LogP contribution in [0.3, 0.4) is 0 Å². The monoisotopic (exact) mass is 309 g/mol. The molecule has 21 heavy (non-hydrogen) atoms. The number of hydrogen-bond donors (Lipinski definition) is 1. The number of carboxylic acids is 1. The number of thiophene rings is 1. The first-order chi connectivity index (χ1) is 10.1. The zero-order valence-corrected chi connectivity index (χ0v) is 12.6. The molecule has 0 unspecified atom stereocenters. The van der Waals surface area contributed by atoms with Crippen molar-refractivity contribution < 1.29 is 19.4 Å². The van der Waals surface area contributed by atoms with Gasteiger partial charge < -0.3 is 14.7 Å². The van der Waals surface area contributed by atoms with Gasteiger partial charge in [-0.15, -0.1) is 11.3 Å². The molecule has 0 bridgehead atoms. The molecule has 0 aromatic carbocycles. The molecule has 1 N–H and O–H groups in total. The van der Waals surface area contributed by atoms with Crippen molar-refractivity contribution in [1.29, 1.82) is 0 Å².